The fourth-order valence-electron chi connectivity index (χ4n) is 2.08. The van der Waals surface area contributed by atoms with Crippen LogP contribution in [0, 0.1) is 0 Å². The summed E-state index contributed by atoms with van der Waals surface area (Å²) in [5.74, 6) is 0. The van der Waals surface area contributed by atoms with Gasteiger partial charge in [-0.2, -0.15) is 0 Å². The molecule has 90 valence electrons. The normalized spacial score (nSPS) is 26.8. The van der Waals surface area contributed by atoms with E-state index >= 15 is 0 Å². The Labute approximate surface area is 93.5 Å². The third kappa shape index (κ3) is 5.50. The summed E-state index contributed by atoms with van der Waals surface area (Å²) in [6.45, 7) is 4.47. The molecule has 0 bridgehead atoms. The summed E-state index contributed by atoms with van der Waals surface area (Å²) in [6, 6.07) is 0.653. The quantitative estimate of drug-likeness (QED) is 0.659. The second-order valence-corrected chi connectivity index (χ2v) is 4.26. The van der Waals surface area contributed by atoms with Gasteiger partial charge in [0.15, 0.2) is 0 Å². The van der Waals surface area contributed by atoms with Gasteiger partial charge in [-0.25, -0.2) is 0 Å². The molecule has 0 aromatic heterocycles. The first-order chi connectivity index (χ1) is 7.36. The van der Waals surface area contributed by atoms with Gasteiger partial charge >= 0.3 is 0 Å². The van der Waals surface area contributed by atoms with Gasteiger partial charge in [0.1, 0.15) is 0 Å². The molecule has 0 amide bonds. The Balaban J connectivity index is 2.00. The van der Waals surface area contributed by atoms with Crippen LogP contribution >= 0.6 is 0 Å². The molecule has 1 rings (SSSR count). The second-order valence-electron chi connectivity index (χ2n) is 4.26. The van der Waals surface area contributed by atoms with Gasteiger partial charge in [0.05, 0.1) is 19.3 Å². The van der Waals surface area contributed by atoms with E-state index in [1.165, 1.54) is 19.3 Å². The second kappa shape index (κ2) is 8.08. The maximum absolute atomic E-state index is 5.80. The molecule has 0 aromatic carbocycles. The van der Waals surface area contributed by atoms with Gasteiger partial charge in [-0.05, 0) is 39.2 Å². The lowest BCUT2D eigenvalue weighted by molar-refractivity contribution is -0.0148. The van der Waals surface area contributed by atoms with Crippen LogP contribution in [0.25, 0.3) is 0 Å². The average Bonchev–Trinajstić information content (AvgIpc) is 2.29. The molecule has 1 N–H and O–H groups in total. The van der Waals surface area contributed by atoms with E-state index < -0.39 is 0 Å². The van der Waals surface area contributed by atoms with Crippen molar-refractivity contribution in [2.75, 3.05) is 26.9 Å². The third-order valence-corrected chi connectivity index (χ3v) is 2.96. The van der Waals surface area contributed by atoms with Crippen molar-refractivity contribution in [3.05, 3.63) is 0 Å². The minimum Gasteiger partial charge on any atom is -0.379 e. The number of ether oxygens (including phenoxy) is 2. The first-order valence-corrected chi connectivity index (χ1v) is 6.23. The van der Waals surface area contributed by atoms with E-state index in [4.69, 9.17) is 9.47 Å². The summed E-state index contributed by atoms with van der Waals surface area (Å²) >= 11 is 0. The van der Waals surface area contributed by atoms with Crippen molar-refractivity contribution >= 4 is 0 Å². The van der Waals surface area contributed by atoms with Gasteiger partial charge in [-0.1, -0.05) is 6.92 Å². The Kier molecular flexibility index (Phi) is 6.98. The van der Waals surface area contributed by atoms with Gasteiger partial charge < -0.3 is 14.8 Å². The standard InChI is InChI=1S/C12H25NO2/c1-3-7-14-8-9-15-12-6-4-5-11(10-12)13-2/h11-13H,3-10H2,1-2H3. The SMILES string of the molecule is CCCOCCOC1CCCC(NC)C1. The number of hydrogen-bond donors (Lipinski definition) is 1. The molecule has 0 aromatic rings. The highest BCUT2D eigenvalue weighted by Crippen LogP contribution is 2.20. The van der Waals surface area contributed by atoms with Crippen molar-refractivity contribution in [3.8, 4) is 0 Å². The Morgan fingerprint density at radius 3 is 2.80 bits per heavy atom. The van der Waals surface area contributed by atoms with Crippen LogP contribution in [0.15, 0.2) is 0 Å². The van der Waals surface area contributed by atoms with Crippen molar-refractivity contribution in [3.63, 3.8) is 0 Å². The summed E-state index contributed by atoms with van der Waals surface area (Å²) in [4.78, 5) is 0. The molecule has 1 aliphatic rings. The van der Waals surface area contributed by atoms with E-state index in [2.05, 4.69) is 12.2 Å². The van der Waals surface area contributed by atoms with Crippen LogP contribution in [0.2, 0.25) is 0 Å². The van der Waals surface area contributed by atoms with Gasteiger partial charge in [0.25, 0.3) is 0 Å². The molecule has 0 spiro atoms. The maximum Gasteiger partial charge on any atom is 0.0704 e. The fraction of sp³-hybridized carbons (Fsp3) is 1.00. The number of hydrogen-bond acceptors (Lipinski definition) is 3. The van der Waals surface area contributed by atoms with Crippen LogP contribution in [-0.2, 0) is 9.47 Å². The molecule has 1 aliphatic carbocycles. The Hall–Kier alpha value is -0.120. The van der Waals surface area contributed by atoms with Crippen molar-refractivity contribution in [1.29, 1.82) is 0 Å². The molecular weight excluding hydrogens is 190 g/mol. The first kappa shape index (κ1) is 12.9. The lowest BCUT2D eigenvalue weighted by Crippen LogP contribution is -2.35. The maximum atomic E-state index is 5.80. The van der Waals surface area contributed by atoms with Gasteiger partial charge in [-0.15, -0.1) is 0 Å². The van der Waals surface area contributed by atoms with Crippen LogP contribution in [0.4, 0.5) is 0 Å². The lowest BCUT2D eigenvalue weighted by atomic mass is 9.93. The molecule has 3 nitrogen and oxygen atoms in total. The minimum atomic E-state index is 0.446. The average molecular weight is 215 g/mol. The highest BCUT2D eigenvalue weighted by Gasteiger charge is 2.20. The van der Waals surface area contributed by atoms with Gasteiger partial charge in [-0.3, -0.25) is 0 Å². The zero-order valence-electron chi connectivity index (χ0n) is 10.1. The van der Waals surface area contributed by atoms with Crippen LogP contribution in [-0.4, -0.2) is 39.0 Å². The third-order valence-electron chi connectivity index (χ3n) is 2.96. The smallest absolute Gasteiger partial charge is 0.0704 e. The molecule has 1 fully saturated rings. The Morgan fingerprint density at radius 2 is 2.07 bits per heavy atom. The number of rotatable bonds is 7. The van der Waals surface area contributed by atoms with E-state index in [1.54, 1.807) is 0 Å². The fourth-order valence-corrected chi connectivity index (χ4v) is 2.08. The van der Waals surface area contributed by atoms with Crippen LogP contribution in [0.1, 0.15) is 39.0 Å². The monoisotopic (exact) mass is 215 g/mol. The zero-order chi connectivity index (χ0) is 10.9. The minimum absolute atomic E-state index is 0.446. The lowest BCUT2D eigenvalue weighted by Gasteiger charge is -2.28. The van der Waals surface area contributed by atoms with Crippen molar-refractivity contribution < 1.29 is 9.47 Å². The summed E-state index contributed by atoms with van der Waals surface area (Å²) in [5, 5.41) is 3.33. The summed E-state index contributed by atoms with van der Waals surface area (Å²) in [5.41, 5.74) is 0. The topological polar surface area (TPSA) is 30.5 Å². The molecule has 15 heavy (non-hydrogen) atoms. The van der Waals surface area contributed by atoms with Gasteiger partial charge in [0, 0.05) is 12.6 Å². The molecule has 3 heteroatoms. The summed E-state index contributed by atoms with van der Waals surface area (Å²) < 4.78 is 11.2. The van der Waals surface area contributed by atoms with Gasteiger partial charge in [0.2, 0.25) is 0 Å². The van der Waals surface area contributed by atoms with Crippen LogP contribution in [0.3, 0.4) is 0 Å². The zero-order valence-corrected chi connectivity index (χ0v) is 10.1. The molecule has 0 radical (unpaired) electrons. The van der Waals surface area contributed by atoms with Crippen LogP contribution in [0.5, 0.6) is 0 Å². The molecule has 2 unspecified atom stereocenters. The molecule has 0 saturated heterocycles. The van der Waals surface area contributed by atoms with E-state index in [0.29, 0.717) is 12.1 Å². The highest BCUT2D eigenvalue weighted by atomic mass is 16.5. The van der Waals surface area contributed by atoms with E-state index in [-0.39, 0.29) is 0 Å². The largest absolute Gasteiger partial charge is 0.379 e. The van der Waals surface area contributed by atoms with Crippen molar-refractivity contribution in [2.45, 2.75) is 51.2 Å². The summed E-state index contributed by atoms with van der Waals surface area (Å²) in [7, 11) is 2.04. The van der Waals surface area contributed by atoms with Crippen molar-refractivity contribution in [2.24, 2.45) is 0 Å². The predicted molar refractivity (Wildman–Crippen MR) is 62.2 cm³/mol. The molecule has 0 aliphatic heterocycles. The molecule has 2 atom stereocenters. The van der Waals surface area contributed by atoms with E-state index in [1.807, 2.05) is 7.05 Å². The molecule has 1 saturated carbocycles. The predicted octanol–water partition coefficient (Wildman–Crippen LogP) is 1.96. The van der Waals surface area contributed by atoms with Crippen LogP contribution < -0.4 is 5.32 Å². The highest BCUT2D eigenvalue weighted by molar-refractivity contribution is 4.77. The number of nitrogens with one attached hydrogen (secondary N) is 1. The Bertz CT molecular complexity index is 153. The summed E-state index contributed by atoms with van der Waals surface area (Å²) in [6.07, 6.45) is 6.48. The first-order valence-electron chi connectivity index (χ1n) is 6.23. The van der Waals surface area contributed by atoms with E-state index in [9.17, 15) is 0 Å². The van der Waals surface area contributed by atoms with E-state index in [0.717, 1.165) is 32.7 Å². The molecule has 0 heterocycles. The Morgan fingerprint density at radius 1 is 1.20 bits per heavy atom. The van der Waals surface area contributed by atoms with Crippen molar-refractivity contribution in [1.82, 2.24) is 5.32 Å². The molecular formula is C12H25NO2.